The van der Waals surface area contributed by atoms with Gasteiger partial charge < -0.3 is 0 Å². The SMILES string of the molecule is C#CC(CC)CCC(C#C)CCCCCC. The number of hydrogen-bond donors (Lipinski definition) is 0. The summed E-state index contributed by atoms with van der Waals surface area (Å²) in [4.78, 5) is 0. The van der Waals surface area contributed by atoms with Crippen molar-refractivity contribution in [2.45, 2.75) is 65.2 Å². The van der Waals surface area contributed by atoms with Crippen LogP contribution in [0.3, 0.4) is 0 Å². The zero-order chi connectivity index (χ0) is 12.2. The van der Waals surface area contributed by atoms with Crippen molar-refractivity contribution in [3.63, 3.8) is 0 Å². The van der Waals surface area contributed by atoms with Crippen LogP contribution in [0.5, 0.6) is 0 Å². The zero-order valence-electron chi connectivity index (χ0n) is 11.0. The smallest absolute Gasteiger partial charge is 0.0200 e. The lowest BCUT2D eigenvalue weighted by Crippen LogP contribution is -2.02. The van der Waals surface area contributed by atoms with Gasteiger partial charge in [0.2, 0.25) is 0 Å². The first-order chi connectivity index (χ1) is 7.78. The third kappa shape index (κ3) is 7.42. The minimum Gasteiger partial charge on any atom is -0.120 e. The quantitative estimate of drug-likeness (QED) is 0.390. The summed E-state index contributed by atoms with van der Waals surface area (Å²) in [6.07, 6.45) is 20.7. The fourth-order valence-electron chi connectivity index (χ4n) is 1.94. The summed E-state index contributed by atoms with van der Waals surface area (Å²) in [6.45, 7) is 4.38. The van der Waals surface area contributed by atoms with E-state index in [9.17, 15) is 0 Å². The van der Waals surface area contributed by atoms with Gasteiger partial charge in [0.25, 0.3) is 0 Å². The second-order valence-electron chi connectivity index (χ2n) is 4.56. The Bertz CT molecular complexity index is 225. The fourth-order valence-corrected chi connectivity index (χ4v) is 1.94. The molecule has 0 aliphatic heterocycles. The van der Waals surface area contributed by atoms with Crippen LogP contribution in [-0.4, -0.2) is 0 Å². The standard InChI is InChI=1S/C16H26/c1-5-9-10-11-12-16(8-4)14-13-15(6-2)7-3/h2,4,15-16H,5,7,9-14H2,1,3H3. The van der Waals surface area contributed by atoms with Crippen LogP contribution in [0.25, 0.3) is 0 Å². The molecule has 0 aliphatic rings. The van der Waals surface area contributed by atoms with Gasteiger partial charge in [-0.15, -0.1) is 24.7 Å². The van der Waals surface area contributed by atoms with Crippen LogP contribution >= 0.6 is 0 Å². The van der Waals surface area contributed by atoms with E-state index in [1.807, 2.05) is 0 Å². The van der Waals surface area contributed by atoms with Gasteiger partial charge in [0.15, 0.2) is 0 Å². The minimum absolute atomic E-state index is 0.423. The van der Waals surface area contributed by atoms with E-state index in [-0.39, 0.29) is 0 Å². The Labute approximate surface area is 102 Å². The molecule has 0 aromatic rings. The maximum atomic E-state index is 5.55. The average Bonchev–Trinajstić information content (AvgIpc) is 2.33. The van der Waals surface area contributed by atoms with Gasteiger partial charge in [0.05, 0.1) is 0 Å². The lowest BCUT2D eigenvalue weighted by molar-refractivity contribution is 0.458. The molecule has 0 aromatic carbocycles. The molecule has 0 spiro atoms. The molecular formula is C16H26. The normalized spacial score (nSPS) is 13.8. The number of rotatable bonds is 9. The van der Waals surface area contributed by atoms with Crippen molar-refractivity contribution in [3.8, 4) is 24.7 Å². The van der Waals surface area contributed by atoms with E-state index < -0.39 is 0 Å². The highest BCUT2D eigenvalue weighted by atomic mass is 14.1. The van der Waals surface area contributed by atoms with Crippen LogP contribution in [0.15, 0.2) is 0 Å². The summed E-state index contributed by atoms with van der Waals surface area (Å²) in [5, 5.41) is 0. The molecule has 0 heterocycles. The highest BCUT2D eigenvalue weighted by Gasteiger charge is 2.08. The maximum absolute atomic E-state index is 5.55. The molecule has 16 heavy (non-hydrogen) atoms. The van der Waals surface area contributed by atoms with Gasteiger partial charge in [-0.2, -0.15) is 0 Å². The van der Waals surface area contributed by atoms with E-state index in [1.165, 1.54) is 32.1 Å². The third-order valence-electron chi connectivity index (χ3n) is 3.23. The van der Waals surface area contributed by atoms with Crippen LogP contribution < -0.4 is 0 Å². The molecule has 0 N–H and O–H groups in total. The van der Waals surface area contributed by atoms with Gasteiger partial charge in [-0.25, -0.2) is 0 Å². The molecular weight excluding hydrogens is 192 g/mol. The molecule has 0 saturated heterocycles. The van der Waals surface area contributed by atoms with Crippen molar-refractivity contribution in [2.75, 3.05) is 0 Å². The Morgan fingerprint density at radius 2 is 1.44 bits per heavy atom. The monoisotopic (exact) mass is 218 g/mol. The highest BCUT2D eigenvalue weighted by Crippen LogP contribution is 2.19. The molecule has 0 saturated carbocycles. The van der Waals surface area contributed by atoms with E-state index >= 15 is 0 Å². The molecule has 0 aliphatic carbocycles. The van der Waals surface area contributed by atoms with Crippen molar-refractivity contribution in [1.82, 2.24) is 0 Å². The predicted molar refractivity (Wildman–Crippen MR) is 72.9 cm³/mol. The van der Waals surface area contributed by atoms with Crippen LogP contribution in [0, 0.1) is 36.5 Å². The van der Waals surface area contributed by atoms with Gasteiger partial charge in [0.1, 0.15) is 0 Å². The Kier molecular flexibility index (Phi) is 10.0. The molecule has 0 bridgehead atoms. The Morgan fingerprint density at radius 3 is 1.94 bits per heavy atom. The second-order valence-corrected chi connectivity index (χ2v) is 4.56. The maximum Gasteiger partial charge on any atom is 0.0200 e. The molecule has 0 rings (SSSR count). The summed E-state index contributed by atoms with van der Waals surface area (Å²) in [7, 11) is 0. The minimum atomic E-state index is 0.423. The second kappa shape index (κ2) is 10.6. The zero-order valence-corrected chi connectivity index (χ0v) is 11.0. The first-order valence-corrected chi connectivity index (χ1v) is 6.70. The molecule has 0 heteroatoms. The van der Waals surface area contributed by atoms with Crippen molar-refractivity contribution < 1.29 is 0 Å². The highest BCUT2D eigenvalue weighted by molar-refractivity contribution is 4.96. The van der Waals surface area contributed by atoms with E-state index in [4.69, 9.17) is 12.8 Å². The van der Waals surface area contributed by atoms with Gasteiger partial charge >= 0.3 is 0 Å². The lowest BCUT2D eigenvalue weighted by Gasteiger charge is -2.13. The third-order valence-corrected chi connectivity index (χ3v) is 3.23. The topological polar surface area (TPSA) is 0 Å². The van der Waals surface area contributed by atoms with Crippen molar-refractivity contribution in [3.05, 3.63) is 0 Å². The van der Waals surface area contributed by atoms with Crippen LogP contribution in [0.1, 0.15) is 65.2 Å². The van der Waals surface area contributed by atoms with Crippen molar-refractivity contribution in [1.29, 1.82) is 0 Å². The summed E-state index contributed by atoms with van der Waals surface area (Å²) in [5.41, 5.74) is 0. The Morgan fingerprint density at radius 1 is 0.812 bits per heavy atom. The first-order valence-electron chi connectivity index (χ1n) is 6.70. The molecule has 0 radical (unpaired) electrons. The number of hydrogen-bond acceptors (Lipinski definition) is 0. The molecule has 0 aromatic heterocycles. The summed E-state index contributed by atoms with van der Waals surface area (Å²) >= 11 is 0. The van der Waals surface area contributed by atoms with Crippen molar-refractivity contribution in [2.24, 2.45) is 11.8 Å². The van der Waals surface area contributed by atoms with E-state index in [1.54, 1.807) is 0 Å². The summed E-state index contributed by atoms with van der Waals surface area (Å²) in [6, 6.07) is 0. The van der Waals surface area contributed by atoms with E-state index in [0.717, 1.165) is 19.3 Å². The van der Waals surface area contributed by atoms with Gasteiger partial charge in [-0.3, -0.25) is 0 Å². The van der Waals surface area contributed by atoms with Gasteiger partial charge in [-0.1, -0.05) is 39.5 Å². The average molecular weight is 218 g/mol. The predicted octanol–water partition coefficient (Wildman–Crippen LogP) is 4.65. The molecule has 0 fully saturated rings. The summed E-state index contributed by atoms with van der Waals surface area (Å²) < 4.78 is 0. The Balaban J connectivity index is 3.68. The molecule has 0 nitrogen and oxygen atoms in total. The number of unbranched alkanes of at least 4 members (excludes halogenated alkanes) is 3. The van der Waals surface area contributed by atoms with Crippen molar-refractivity contribution >= 4 is 0 Å². The van der Waals surface area contributed by atoms with Gasteiger partial charge in [0, 0.05) is 11.8 Å². The summed E-state index contributed by atoms with van der Waals surface area (Å²) in [5.74, 6) is 6.62. The molecule has 0 amide bonds. The lowest BCUT2D eigenvalue weighted by atomic mass is 9.91. The number of terminal acetylenes is 2. The van der Waals surface area contributed by atoms with Gasteiger partial charge in [-0.05, 0) is 25.7 Å². The first kappa shape index (κ1) is 15.1. The Hall–Kier alpha value is -0.880. The largest absolute Gasteiger partial charge is 0.120 e. The van der Waals surface area contributed by atoms with Crippen LogP contribution in [-0.2, 0) is 0 Å². The van der Waals surface area contributed by atoms with Crippen LogP contribution in [0.4, 0.5) is 0 Å². The fraction of sp³-hybridized carbons (Fsp3) is 0.750. The molecule has 2 atom stereocenters. The van der Waals surface area contributed by atoms with E-state index in [0.29, 0.717) is 11.8 Å². The molecule has 2 unspecified atom stereocenters. The van der Waals surface area contributed by atoms with E-state index in [2.05, 4.69) is 25.7 Å². The molecule has 90 valence electrons. The van der Waals surface area contributed by atoms with Crippen LogP contribution in [0.2, 0.25) is 0 Å².